The standard InChI is InChI=1S/C10H9ClN4O/c1-16-15-5-7-2-3-8(11)4-9(7)10(13)14-6-12/h2-5H,1H3,(H2,13,14)/b15-5-. The van der Waals surface area contributed by atoms with Gasteiger partial charge < -0.3 is 10.6 Å². The largest absolute Gasteiger partial charge is 0.399 e. The van der Waals surface area contributed by atoms with Gasteiger partial charge in [-0.05, 0) is 12.1 Å². The van der Waals surface area contributed by atoms with Gasteiger partial charge in [0.05, 0.1) is 6.21 Å². The molecule has 0 aliphatic rings. The Balaban J connectivity index is 3.24. The number of halogens is 1. The molecule has 0 saturated heterocycles. The first-order valence-electron chi connectivity index (χ1n) is 4.27. The number of amidine groups is 1. The minimum absolute atomic E-state index is 0.0857. The van der Waals surface area contributed by atoms with Crippen molar-refractivity contribution in [2.45, 2.75) is 0 Å². The lowest BCUT2D eigenvalue weighted by atomic mass is 10.1. The Hall–Kier alpha value is -2.06. The lowest BCUT2D eigenvalue weighted by Gasteiger charge is -2.04. The zero-order valence-electron chi connectivity index (χ0n) is 8.51. The molecular formula is C10H9ClN4O. The van der Waals surface area contributed by atoms with Crippen molar-refractivity contribution < 1.29 is 4.84 Å². The fourth-order valence-electron chi connectivity index (χ4n) is 1.09. The molecule has 0 aliphatic heterocycles. The third-order valence-electron chi connectivity index (χ3n) is 1.76. The molecular weight excluding hydrogens is 228 g/mol. The molecule has 1 rings (SSSR count). The first-order valence-corrected chi connectivity index (χ1v) is 4.65. The maximum atomic E-state index is 8.43. The lowest BCUT2D eigenvalue weighted by molar-refractivity contribution is 0.215. The first-order chi connectivity index (χ1) is 7.69. The third-order valence-corrected chi connectivity index (χ3v) is 1.99. The van der Waals surface area contributed by atoms with Gasteiger partial charge >= 0.3 is 0 Å². The van der Waals surface area contributed by atoms with Gasteiger partial charge in [-0.1, -0.05) is 22.8 Å². The predicted octanol–water partition coefficient (Wildman–Crippen LogP) is 1.51. The summed E-state index contributed by atoms with van der Waals surface area (Å²) < 4.78 is 0. The fraction of sp³-hybridized carbons (Fsp3) is 0.100. The van der Waals surface area contributed by atoms with Gasteiger partial charge in [0.2, 0.25) is 6.19 Å². The molecule has 0 aliphatic carbocycles. The minimum atomic E-state index is 0.0857. The first kappa shape index (κ1) is 12.0. The summed E-state index contributed by atoms with van der Waals surface area (Å²) in [7, 11) is 1.43. The van der Waals surface area contributed by atoms with E-state index in [9.17, 15) is 0 Å². The van der Waals surface area contributed by atoms with Crippen molar-refractivity contribution in [2.24, 2.45) is 15.9 Å². The van der Waals surface area contributed by atoms with Gasteiger partial charge in [0.25, 0.3) is 0 Å². The monoisotopic (exact) mass is 236 g/mol. The van der Waals surface area contributed by atoms with Crippen LogP contribution in [-0.4, -0.2) is 19.2 Å². The molecule has 0 saturated carbocycles. The summed E-state index contributed by atoms with van der Waals surface area (Å²) in [5.74, 6) is 0.0857. The second-order valence-electron chi connectivity index (χ2n) is 2.75. The van der Waals surface area contributed by atoms with Crippen LogP contribution in [0.15, 0.2) is 28.3 Å². The molecule has 1 aromatic rings. The molecule has 0 bridgehead atoms. The summed E-state index contributed by atoms with van der Waals surface area (Å²) in [6.45, 7) is 0. The average Bonchev–Trinajstić information content (AvgIpc) is 2.27. The van der Waals surface area contributed by atoms with Crippen molar-refractivity contribution in [3.63, 3.8) is 0 Å². The number of aliphatic imine (C=N–C) groups is 1. The van der Waals surface area contributed by atoms with E-state index in [0.29, 0.717) is 16.1 Å². The molecule has 0 amide bonds. The summed E-state index contributed by atoms with van der Waals surface area (Å²) in [5, 5.41) is 12.5. The maximum absolute atomic E-state index is 8.43. The van der Waals surface area contributed by atoms with Crippen LogP contribution < -0.4 is 5.73 Å². The molecule has 0 radical (unpaired) electrons. The van der Waals surface area contributed by atoms with Crippen molar-refractivity contribution in [3.05, 3.63) is 34.3 Å². The van der Waals surface area contributed by atoms with E-state index >= 15 is 0 Å². The van der Waals surface area contributed by atoms with Gasteiger partial charge in [-0.2, -0.15) is 10.3 Å². The summed E-state index contributed by atoms with van der Waals surface area (Å²) in [5.41, 5.74) is 6.82. The number of nitrogens with zero attached hydrogens (tertiary/aromatic N) is 3. The molecule has 82 valence electrons. The van der Waals surface area contributed by atoms with Gasteiger partial charge in [0, 0.05) is 16.1 Å². The van der Waals surface area contributed by atoms with Crippen LogP contribution in [0.5, 0.6) is 0 Å². The zero-order chi connectivity index (χ0) is 12.0. The molecule has 6 heteroatoms. The number of oxime groups is 1. The topological polar surface area (TPSA) is 83.8 Å². The Labute approximate surface area is 97.8 Å². The van der Waals surface area contributed by atoms with Crippen LogP contribution in [0.1, 0.15) is 11.1 Å². The molecule has 0 fully saturated rings. The summed E-state index contributed by atoms with van der Waals surface area (Å²) in [4.78, 5) is 8.01. The van der Waals surface area contributed by atoms with Crippen LogP contribution in [0.25, 0.3) is 0 Å². The fourth-order valence-corrected chi connectivity index (χ4v) is 1.26. The second kappa shape index (κ2) is 5.73. The number of nitriles is 1. The van der Waals surface area contributed by atoms with Crippen LogP contribution in [-0.2, 0) is 4.84 Å². The van der Waals surface area contributed by atoms with E-state index in [1.54, 1.807) is 24.4 Å². The van der Waals surface area contributed by atoms with Gasteiger partial charge in [-0.3, -0.25) is 0 Å². The molecule has 5 nitrogen and oxygen atoms in total. The second-order valence-corrected chi connectivity index (χ2v) is 3.18. The average molecular weight is 237 g/mol. The molecule has 0 unspecified atom stereocenters. The minimum Gasteiger partial charge on any atom is -0.399 e. The molecule has 16 heavy (non-hydrogen) atoms. The van der Waals surface area contributed by atoms with E-state index in [4.69, 9.17) is 22.6 Å². The zero-order valence-corrected chi connectivity index (χ0v) is 9.27. The van der Waals surface area contributed by atoms with Crippen LogP contribution in [0.2, 0.25) is 5.02 Å². The predicted molar refractivity (Wildman–Crippen MR) is 62.4 cm³/mol. The molecule has 0 aromatic heterocycles. The smallest absolute Gasteiger partial charge is 0.207 e. The highest BCUT2D eigenvalue weighted by Gasteiger charge is 2.06. The van der Waals surface area contributed by atoms with Gasteiger partial charge in [0.15, 0.2) is 0 Å². The van der Waals surface area contributed by atoms with E-state index < -0.39 is 0 Å². The van der Waals surface area contributed by atoms with Crippen LogP contribution in [0.4, 0.5) is 0 Å². The molecule has 0 heterocycles. The molecule has 1 aromatic carbocycles. The lowest BCUT2D eigenvalue weighted by Crippen LogP contribution is -2.15. The highest BCUT2D eigenvalue weighted by atomic mass is 35.5. The van der Waals surface area contributed by atoms with E-state index in [-0.39, 0.29) is 5.84 Å². The Morgan fingerprint density at radius 3 is 3.00 bits per heavy atom. The number of benzene rings is 1. The number of nitrogens with two attached hydrogens (primary N) is 1. The summed E-state index contributed by atoms with van der Waals surface area (Å²) in [6.07, 6.45) is 3.08. The summed E-state index contributed by atoms with van der Waals surface area (Å²) in [6, 6.07) is 5.00. The molecule has 0 spiro atoms. The Kier molecular flexibility index (Phi) is 4.30. The Morgan fingerprint density at radius 1 is 1.62 bits per heavy atom. The third kappa shape index (κ3) is 2.97. The van der Waals surface area contributed by atoms with Crippen LogP contribution in [0.3, 0.4) is 0 Å². The van der Waals surface area contributed by atoms with Crippen LogP contribution >= 0.6 is 11.6 Å². The Morgan fingerprint density at radius 2 is 2.38 bits per heavy atom. The number of hydrogen-bond donors (Lipinski definition) is 1. The SMILES string of the molecule is CO/N=C\c1ccc(Cl)cc1C(N)=NC#N. The molecule has 0 atom stereocenters. The van der Waals surface area contributed by atoms with Crippen molar-refractivity contribution >= 4 is 23.7 Å². The van der Waals surface area contributed by atoms with E-state index in [2.05, 4.69) is 15.0 Å². The number of hydrogen-bond acceptors (Lipinski definition) is 4. The van der Waals surface area contributed by atoms with Crippen LogP contribution in [0, 0.1) is 11.5 Å². The van der Waals surface area contributed by atoms with Gasteiger partial charge in [-0.25, -0.2) is 0 Å². The van der Waals surface area contributed by atoms with Gasteiger partial charge in [-0.15, -0.1) is 0 Å². The maximum Gasteiger partial charge on any atom is 0.207 e. The highest BCUT2D eigenvalue weighted by Crippen LogP contribution is 2.14. The quantitative estimate of drug-likeness (QED) is 0.374. The van der Waals surface area contributed by atoms with E-state index in [1.165, 1.54) is 13.3 Å². The van der Waals surface area contributed by atoms with Crippen molar-refractivity contribution in [1.82, 2.24) is 0 Å². The van der Waals surface area contributed by atoms with Crippen molar-refractivity contribution in [2.75, 3.05) is 7.11 Å². The molecule has 2 N–H and O–H groups in total. The van der Waals surface area contributed by atoms with E-state index in [0.717, 1.165) is 0 Å². The number of rotatable bonds is 3. The Bertz CT molecular complexity index is 476. The highest BCUT2D eigenvalue weighted by molar-refractivity contribution is 6.31. The van der Waals surface area contributed by atoms with Gasteiger partial charge in [0.1, 0.15) is 12.9 Å². The van der Waals surface area contributed by atoms with Crippen molar-refractivity contribution in [1.29, 1.82) is 5.26 Å². The normalized spacial score (nSPS) is 11.4. The van der Waals surface area contributed by atoms with E-state index in [1.807, 2.05) is 0 Å². The van der Waals surface area contributed by atoms with Crippen molar-refractivity contribution in [3.8, 4) is 6.19 Å². The summed E-state index contributed by atoms with van der Waals surface area (Å²) >= 11 is 5.83.